The van der Waals surface area contributed by atoms with Crippen LogP contribution in [0.3, 0.4) is 0 Å². The van der Waals surface area contributed by atoms with Gasteiger partial charge in [-0.3, -0.25) is 0 Å². The first-order valence-electron chi connectivity index (χ1n) is 4.59. The first-order valence-corrected chi connectivity index (χ1v) is 6.18. The van der Waals surface area contributed by atoms with Gasteiger partial charge in [-0.1, -0.05) is 50.8 Å². The van der Waals surface area contributed by atoms with E-state index in [2.05, 4.69) is 37.9 Å². The minimum Gasteiger partial charge on any atom is -0.193 e. The summed E-state index contributed by atoms with van der Waals surface area (Å²) in [7, 11) is 0. The molecule has 2 rings (SSSR count). The molecule has 1 nitrogen and oxygen atoms in total. The summed E-state index contributed by atoms with van der Waals surface area (Å²) in [5.41, 5.74) is 0.403. The van der Waals surface area contributed by atoms with Crippen molar-refractivity contribution in [3.05, 3.63) is 12.2 Å². The molecule has 13 heavy (non-hydrogen) atoms. The average molecular weight is 305 g/mol. The lowest BCUT2D eigenvalue weighted by atomic mass is 10.0. The van der Waals surface area contributed by atoms with E-state index in [9.17, 15) is 0 Å². The molecule has 0 unspecified atom stereocenters. The van der Waals surface area contributed by atoms with Crippen LogP contribution < -0.4 is 0 Å². The number of hydrogen-bond donors (Lipinski definition) is 0. The van der Waals surface area contributed by atoms with Crippen LogP contribution in [0.15, 0.2) is 12.2 Å². The van der Waals surface area contributed by atoms with E-state index >= 15 is 0 Å². The molecular formula is C10H11Br2N. The summed E-state index contributed by atoms with van der Waals surface area (Å²) < 4.78 is 0.0802. The van der Waals surface area contributed by atoms with Gasteiger partial charge in [-0.05, 0) is 12.8 Å². The fraction of sp³-hybridized carbons (Fsp3) is 0.700. The monoisotopic (exact) mass is 303 g/mol. The van der Waals surface area contributed by atoms with E-state index in [0.29, 0.717) is 11.3 Å². The standard InChI is InChI=1S/C10H11Br2N/c11-10(12)8(4-3-7-13)9(10)5-1-2-6-9/h3-4,8H,1-2,5-6H2/b4-3+/t8-/m1/s1. The molecule has 70 valence electrons. The summed E-state index contributed by atoms with van der Waals surface area (Å²) in [6.45, 7) is 0. The Morgan fingerprint density at radius 1 is 1.31 bits per heavy atom. The summed E-state index contributed by atoms with van der Waals surface area (Å²) in [6.07, 6.45) is 8.86. The Morgan fingerprint density at radius 3 is 2.46 bits per heavy atom. The highest BCUT2D eigenvalue weighted by molar-refractivity contribution is 9.25. The molecule has 1 atom stereocenters. The molecule has 0 aliphatic heterocycles. The SMILES string of the molecule is N#C/C=C/[C@H]1C(Br)(Br)C12CCCC2. The summed E-state index contributed by atoms with van der Waals surface area (Å²) in [5.74, 6) is 0.502. The second-order valence-electron chi connectivity index (χ2n) is 3.95. The third kappa shape index (κ3) is 1.22. The number of halogens is 2. The lowest BCUT2D eigenvalue weighted by Gasteiger charge is -2.07. The summed E-state index contributed by atoms with van der Waals surface area (Å²) in [6, 6.07) is 2.06. The van der Waals surface area contributed by atoms with Crippen LogP contribution in [0.4, 0.5) is 0 Å². The quantitative estimate of drug-likeness (QED) is 0.535. The van der Waals surface area contributed by atoms with E-state index in [-0.39, 0.29) is 3.23 Å². The number of allylic oxidation sites excluding steroid dienone is 2. The highest BCUT2D eigenvalue weighted by Crippen LogP contribution is 2.77. The lowest BCUT2D eigenvalue weighted by Crippen LogP contribution is -2.01. The molecule has 2 aliphatic carbocycles. The third-order valence-corrected chi connectivity index (χ3v) is 5.99. The zero-order valence-electron chi connectivity index (χ0n) is 7.26. The van der Waals surface area contributed by atoms with Gasteiger partial charge < -0.3 is 0 Å². The van der Waals surface area contributed by atoms with Crippen LogP contribution >= 0.6 is 31.9 Å². The third-order valence-electron chi connectivity index (χ3n) is 3.43. The number of hydrogen-bond acceptors (Lipinski definition) is 1. The van der Waals surface area contributed by atoms with Gasteiger partial charge in [-0.25, -0.2) is 0 Å². The van der Waals surface area contributed by atoms with Crippen molar-refractivity contribution >= 4 is 31.9 Å². The molecule has 2 fully saturated rings. The Balaban J connectivity index is 2.16. The molecule has 0 N–H and O–H groups in total. The van der Waals surface area contributed by atoms with E-state index in [0.717, 1.165) is 0 Å². The van der Waals surface area contributed by atoms with Crippen molar-refractivity contribution < 1.29 is 0 Å². The van der Waals surface area contributed by atoms with Crippen LogP contribution in [0.5, 0.6) is 0 Å². The van der Waals surface area contributed by atoms with Gasteiger partial charge in [0.25, 0.3) is 0 Å². The van der Waals surface area contributed by atoms with E-state index in [4.69, 9.17) is 5.26 Å². The van der Waals surface area contributed by atoms with Gasteiger partial charge in [0.05, 0.1) is 9.30 Å². The van der Waals surface area contributed by atoms with Crippen molar-refractivity contribution in [1.29, 1.82) is 5.26 Å². The van der Waals surface area contributed by atoms with Crippen LogP contribution in [0.2, 0.25) is 0 Å². The zero-order chi connectivity index (χ0) is 9.53. The molecule has 0 aromatic rings. The Hall–Kier alpha value is 0.190. The van der Waals surface area contributed by atoms with Gasteiger partial charge in [-0.15, -0.1) is 0 Å². The largest absolute Gasteiger partial charge is 0.193 e. The van der Waals surface area contributed by atoms with Gasteiger partial charge in [0.1, 0.15) is 0 Å². The zero-order valence-corrected chi connectivity index (χ0v) is 10.4. The fourth-order valence-electron chi connectivity index (χ4n) is 2.63. The maximum absolute atomic E-state index is 8.48. The van der Waals surface area contributed by atoms with Crippen molar-refractivity contribution in [2.75, 3.05) is 0 Å². The topological polar surface area (TPSA) is 23.8 Å². The Morgan fingerprint density at radius 2 is 1.92 bits per heavy atom. The van der Waals surface area contributed by atoms with E-state index in [1.165, 1.54) is 25.7 Å². The van der Waals surface area contributed by atoms with Gasteiger partial charge >= 0.3 is 0 Å². The second kappa shape index (κ2) is 3.10. The molecule has 2 saturated carbocycles. The van der Waals surface area contributed by atoms with E-state index in [1.54, 1.807) is 6.08 Å². The molecule has 3 heteroatoms. The minimum absolute atomic E-state index is 0.0802. The molecule has 0 bridgehead atoms. The number of alkyl halides is 2. The first-order chi connectivity index (χ1) is 6.15. The van der Waals surface area contributed by atoms with Crippen LogP contribution in [0.25, 0.3) is 0 Å². The summed E-state index contributed by atoms with van der Waals surface area (Å²) in [4.78, 5) is 0. The van der Waals surface area contributed by atoms with Gasteiger partial charge in [0, 0.05) is 17.4 Å². The van der Waals surface area contributed by atoms with Crippen molar-refractivity contribution in [2.45, 2.75) is 28.9 Å². The fourth-order valence-corrected chi connectivity index (χ4v) is 4.87. The molecular weight excluding hydrogens is 294 g/mol. The molecule has 0 aromatic heterocycles. The molecule has 0 aromatic carbocycles. The summed E-state index contributed by atoms with van der Waals surface area (Å²) in [5, 5.41) is 8.48. The molecule has 0 heterocycles. The molecule has 0 saturated heterocycles. The van der Waals surface area contributed by atoms with Crippen molar-refractivity contribution in [3.63, 3.8) is 0 Å². The first kappa shape index (κ1) is 9.73. The highest BCUT2D eigenvalue weighted by Gasteiger charge is 2.73. The molecule has 0 amide bonds. The van der Waals surface area contributed by atoms with E-state index < -0.39 is 0 Å². The Kier molecular flexibility index (Phi) is 2.32. The smallest absolute Gasteiger partial charge is 0.0936 e. The van der Waals surface area contributed by atoms with Crippen LogP contribution in [0.1, 0.15) is 25.7 Å². The molecule has 1 spiro atoms. The molecule has 0 radical (unpaired) electrons. The van der Waals surface area contributed by atoms with Crippen molar-refractivity contribution in [3.8, 4) is 6.07 Å². The predicted molar refractivity (Wildman–Crippen MR) is 59.7 cm³/mol. The number of nitrogens with zero attached hydrogens (tertiary/aromatic N) is 1. The lowest BCUT2D eigenvalue weighted by molar-refractivity contribution is 0.503. The Bertz CT molecular complexity index is 282. The van der Waals surface area contributed by atoms with Crippen LogP contribution in [-0.2, 0) is 0 Å². The predicted octanol–water partition coefficient (Wildman–Crippen LogP) is 3.74. The van der Waals surface area contributed by atoms with Crippen LogP contribution in [0, 0.1) is 22.7 Å². The number of rotatable bonds is 1. The van der Waals surface area contributed by atoms with Crippen molar-refractivity contribution in [2.24, 2.45) is 11.3 Å². The summed E-state index contributed by atoms with van der Waals surface area (Å²) >= 11 is 7.45. The maximum atomic E-state index is 8.48. The minimum atomic E-state index is 0.0802. The second-order valence-corrected chi connectivity index (χ2v) is 7.52. The maximum Gasteiger partial charge on any atom is 0.0936 e. The van der Waals surface area contributed by atoms with Crippen molar-refractivity contribution in [1.82, 2.24) is 0 Å². The van der Waals surface area contributed by atoms with Gasteiger partial charge in [0.15, 0.2) is 0 Å². The normalized spacial score (nSPS) is 33.8. The van der Waals surface area contributed by atoms with Gasteiger partial charge in [0.2, 0.25) is 0 Å². The van der Waals surface area contributed by atoms with Gasteiger partial charge in [-0.2, -0.15) is 5.26 Å². The van der Waals surface area contributed by atoms with Crippen LogP contribution in [-0.4, -0.2) is 3.23 Å². The van der Waals surface area contributed by atoms with E-state index in [1.807, 2.05) is 6.08 Å². The highest BCUT2D eigenvalue weighted by atomic mass is 79.9. The number of nitriles is 1. The average Bonchev–Trinajstić information content (AvgIpc) is 2.53. The molecule has 2 aliphatic rings. The Labute approximate surface area is 95.5 Å².